The van der Waals surface area contributed by atoms with Crippen LogP contribution in [0, 0.1) is 0 Å². The van der Waals surface area contributed by atoms with Crippen LogP contribution in [-0.2, 0) is 14.3 Å². The normalized spacial score (nSPS) is 8.82. The summed E-state index contributed by atoms with van der Waals surface area (Å²) in [5.41, 5.74) is 0. The maximum absolute atomic E-state index is 10.3. The minimum atomic E-state index is -1.41. The zero-order valence-electron chi connectivity index (χ0n) is 6.49. The smallest absolute Gasteiger partial charge is 0.545 e. The number of ether oxygens (including phenoxy) is 1. The Balaban J connectivity index is 0. The maximum Gasteiger partial charge on any atom is 1.00 e. The molecule has 0 bridgehead atoms. The van der Waals surface area contributed by atoms with Crippen molar-refractivity contribution in [2.75, 3.05) is 6.61 Å². The van der Waals surface area contributed by atoms with E-state index in [2.05, 4.69) is 4.74 Å². The van der Waals surface area contributed by atoms with Crippen LogP contribution >= 0.6 is 0 Å². The third-order valence-corrected chi connectivity index (χ3v) is 0.642. The van der Waals surface area contributed by atoms with Crippen molar-refractivity contribution in [3.05, 3.63) is 12.2 Å². The monoisotopic (exact) mass is 276 g/mol. The zero-order valence-corrected chi connectivity index (χ0v) is 12.8. The van der Waals surface area contributed by atoms with E-state index in [-0.39, 0.29) is 75.5 Å². The second-order valence-corrected chi connectivity index (χ2v) is 1.40. The minimum absolute atomic E-state index is 0. The summed E-state index contributed by atoms with van der Waals surface area (Å²) < 4.78 is 4.38. The summed E-state index contributed by atoms with van der Waals surface area (Å²) in [6, 6.07) is 0. The van der Waals surface area contributed by atoms with Gasteiger partial charge in [0.05, 0.1) is 12.6 Å². The first-order chi connectivity index (χ1) is 4.66. The number of carbonyl (C=O) groups is 2. The van der Waals surface area contributed by atoms with Crippen LogP contribution in [0.3, 0.4) is 0 Å². The minimum Gasteiger partial charge on any atom is -0.545 e. The number of hydrogen-bond donors (Lipinski definition) is 0. The number of carboxylic acids is 1. The van der Waals surface area contributed by atoms with Crippen LogP contribution in [0.4, 0.5) is 0 Å². The molecule has 0 aromatic heterocycles. The van der Waals surface area contributed by atoms with E-state index in [1.165, 1.54) is 0 Å². The van der Waals surface area contributed by atoms with Gasteiger partial charge in [0, 0.05) is 6.08 Å². The first kappa shape index (κ1) is 14.3. The van der Waals surface area contributed by atoms with Gasteiger partial charge in [-0.3, -0.25) is 0 Å². The SMILES string of the molecule is CCOC(=O)/C=C\C(=O)[O-].[Cs+]. The Labute approximate surface area is 123 Å². The van der Waals surface area contributed by atoms with Crippen LogP contribution in [0.1, 0.15) is 6.92 Å². The molecule has 0 spiro atoms. The second kappa shape index (κ2) is 8.83. The molecule has 0 aliphatic heterocycles. The fraction of sp³-hybridized carbons (Fsp3) is 0.333. The van der Waals surface area contributed by atoms with Crippen LogP contribution < -0.4 is 74.0 Å². The first-order valence-electron chi connectivity index (χ1n) is 2.72. The topological polar surface area (TPSA) is 66.4 Å². The van der Waals surface area contributed by atoms with Gasteiger partial charge in [0.2, 0.25) is 0 Å². The molecule has 0 aliphatic carbocycles. The molecular weight excluding hydrogens is 269 g/mol. The summed E-state index contributed by atoms with van der Waals surface area (Å²) in [7, 11) is 0. The number of hydrogen-bond acceptors (Lipinski definition) is 4. The van der Waals surface area contributed by atoms with Crippen molar-refractivity contribution < 1.29 is 88.3 Å². The number of aliphatic carboxylic acids is 1. The van der Waals surface area contributed by atoms with E-state index in [9.17, 15) is 14.7 Å². The Bertz CT molecular complexity index is 164. The molecule has 11 heavy (non-hydrogen) atoms. The van der Waals surface area contributed by atoms with E-state index in [0.29, 0.717) is 6.08 Å². The molecule has 0 rings (SSSR count). The third kappa shape index (κ3) is 10.7. The van der Waals surface area contributed by atoms with Gasteiger partial charge in [-0.2, -0.15) is 0 Å². The molecule has 0 unspecified atom stereocenters. The predicted molar refractivity (Wildman–Crippen MR) is 30.8 cm³/mol. The van der Waals surface area contributed by atoms with Crippen molar-refractivity contribution in [2.24, 2.45) is 0 Å². The molecule has 0 fully saturated rings. The molecular formula is C6H7CsO4. The van der Waals surface area contributed by atoms with Gasteiger partial charge in [0.1, 0.15) is 0 Å². The van der Waals surface area contributed by atoms with Gasteiger partial charge in [-0.25, -0.2) is 4.79 Å². The molecule has 0 aliphatic rings. The average molecular weight is 276 g/mol. The Kier molecular flexibility index (Phi) is 11.4. The number of esters is 1. The standard InChI is InChI=1S/C6H8O4.Cs/c1-2-10-6(9)4-3-5(7)8;/h3-4H,2H2,1H3,(H,7,8);/q;+1/p-1/b4-3-;. The van der Waals surface area contributed by atoms with Crippen molar-refractivity contribution in [1.29, 1.82) is 0 Å². The van der Waals surface area contributed by atoms with Crippen molar-refractivity contribution in [2.45, 2.75) is 6.92 Å². The summed E-state index contributed by atoms with van der Waals surface area (Å²) in [5.74, 6) is -2.08. The zero-order chi connectivity index (χ0) is 7.98. The Hall–Kier alpha value is 0.732. The first-order valence-corrected chi connectivity index (χ1v) is 2.72. The molecule has 0 N–H and O–H groups in total. The molecule has 5 heteroatoms. The van der Waals surface area contributed by atoms with Gasteiger partial charge >= 0.3 is 74.9 Å². The molecule has 4 nitrogen and oxygen atoms in total. The fourth-order valence-corrected chi connectivity index (χ4v) is 0.326. The largest absolute Gasteiger partial charge is 1.00 e. The molecule has 0 atom stereocenters. The second-order valence-electron chi connectivity index (χ2n) is 1.40. The van der Waals surface area contributed by atoms with E-state index >= 15 is 0 Å². The van der Waals surface area contributed by atoms with Gasteiger partial charge in [-0.05, 0) is 13.0 Å². The Morgan fingerprint density at radius 2 is 2.00 bits per heavy atom. The Morgan fingerprint density at radius 1 is 1.45 bits per heavy atom. The summed E-state index contributed by atoms with van der Waals surface area (Å²) in [6.07, 6.45) is 1.43. The van der Waals surface area contributed by atoms with Gasteiger partial charge < -0.3 is 14.6 Å². The van der Waals surface area contributed by atoms with Crippen molar-refractivity contribution in [1.82, 2.24) is 0 Å². The summed E-state index contributed by atoms with van der Waals surface area (Å²) in [5, 5.41) is 9.70. The van der Waals surface area contributed by atoms with Crippen LogP contribution in [-0.4, -0.2) is 18.5 Å². The van der Waals surface area contributed by atoms with Crippen molar-refractivity contribution in [3.63, 3.8) is 0 Å². The van der Waals surface area contributed by atoms with Gasteiger partial charge in [0.15, 0.2) is 0 Å². The van der Waals surface area contributed by atoms with E-state index < -0.39 is 11.9 Å². The van der Waals surface area contributed by atoms with Gasteiger partial charge in [-0.15, -0.1) is 0 Å². The summed E-state index contributed by atoms with van der Waals surface area (Å²) in [6.45, 7) is 1.86. The van der Waals surface area contributed by atoms with Crippen molar-refractivity contribution >= 4 is 11.9 Å². The van der Waals surface area contributed by atoms with Crippen LogP contribution in [0.25, 0.3) is 0 Å². The summed E-state index contributed by atoms with van der Waals surface area (Å²) >= 11 is 0. The molecule has 0 saturated carbocycles. The van der Waals surface area contributed by atoms with Crippen LogP contribution in [0.5, 0.6) is 0 Å². The quantitative estimate of drug-likeness (QED) is 0.388. The molecule has 0 amide bonds. The van der Waals surface area contributed by atoms with E-state index in [0.717, 1.165) is 6.08 Å². The van der Waals surface area contributed by atoms with E-state index in [4.69, 9.17) is 0 Å². The van der Waals surface area contributed by atoms with Gasteiger partial charge in [0.25, 0.3) is 0 Å². The Morgan fingerprint density at radius 3 is 2.36 bits per heavy atom. The molecule has 0 saturated heterocycles. The predicted octanol–water partition coefficient (Wildman–Crippen LogP) is -4.14. The average Bonchev–Trinajstić information content (AvgIpc) is 1.85. The number of rotatable bonds is 3. The van der Waals surface area contributed by atoms with E-state index in [1.807, 2.05) is 0 Å². The van der Waals surface area contributed by atoms with Crippen LogP contribution in [0.2, 0.25) is 0 Å². The molecule has 56 valence electrons. The van der Waals surface area contributed by atoms with Gasteiger partial charge in [-0.1, -0.05) is 0 Å². The third-order valence-electron chi connectivity index (χ3n) is 0.642. The number of carboxylic acid groups (broad SMARTS) is 1. The summed E-state index contributed by atoms with van der Waals surface area (Å²) in [4.78, 5) is 20.0. The molecule has 0 radical (unpaired) electrons. The van der Waals surface area contributed by atoms with Crippen molar-refractivity contribution in [3.8, 4) is 0 Å². The fourth-order valence-electron chi connectivity index (χ4n) is 0.326. The van der Waals surface area contributed by atoms with E-state index in [1.54, 1.807) is 6.92 Å². The van der Waals surface area contributed by atoms with Crippen LogP contribution in [0.15, 0.2) is 12.2 Å². The molecule has 0 aromatic rings. The molecule has 0 aromatic carbocycles. The number of carbonyl (C=O) groups excluding carboxylic acids is 2. The maximum atomic E-state index is 10.3. The molecule has 0 heterocycles.